The first-order valence-electron chi connectivity index (χ1n) is 6.80. The highest BCUT2D eigenvalue weighted by atomic mass is 32.2. The second-order valence-electron chi connectivity index (χ2n) is 5.45. The molecule has 0 fully saturated rings. The van der Waals surface area contributed by atoms with Gasteiger partial charge < -0.3 is 4.90 Å². The van der Waals surface area contributed by atoms with Crippen molar-refractivity contribution in [1.82, 2.24) is 4.90 Å². The molecule has 0 heterocycles. The van der Waals surface area contributed by atoms with Crippen LogP contribution in [0.4, 0.5) is 10.1 Å². The van der Waals surface area contributed by atoms with E-state index in [1.165, 1.54) is 18.2 Å². The predicted molar refractivity (Wildman–Crippen MR) is 85.8 cm³/mol. The molecule has 0 aliphatic rings. The van der Waals surface area contributed by atoms with Crippen LogP contribution in [-0.2, 0) is 16.6 Å². The standard InChI is InChI=1S/C16H19FN2O2S/c1-12-7-8-13(11-19(2)3)9-16(12)18-22(20,21)15-6-4-5-14(17)10-15/h4-10,18H,11H2,1-3H3. The number of aryl methyl sites for hydroxylation is 1. The van der Waals surface area contributed by atoms with Crippen LogP contribution in [0.2, 0.25) is 0 Å². The molecule has 0 saturated carbocycles. The third-order valence-electron chi connectivity index (χ3n) is 3.15. The molecule has 2 aromatic rings. The van der Waals surface area contributed by atoms with Gasteiger partial charge in [-0.2, -0.15) is 0 Å². The van der Waals surface area contributed by atoms with Gasteiger partial charge in [0.2, 0.25) is 0 Å². The molecule has 0 saturated heterocycles. The highest BCUT2D eigenvalue weighted by molar-refractivity contribution is 7.92. The van der Waals surface area contributed by atoms with E-state index < -0.39 is 15.8 Å². The second-order valence-corrected chi connectivity index (χ2v) is 7.13. The summed E-state index contributed by atoms with van der Waals surface area (Å²) in [6, 6.07) is 10.6. The first-order valence-corrected chi connectivity index (χ1v) is 8.29. The summed E-state index contributed by atoms with van der Waals surface area (Å²) < 4.78 is 40.5. The molecule has 118 valence electrons. The molecule has 4 nitrogen and oxygen atoms in total. The minimum atomic E-state index is -3.81. The van der Waals surface area contributed by atoms with Crippen molar-refractivity contribution < 1.29 is 12.8 Å². The van der Waals surface area contributed by atoms with Gasteiger partial charge >= 0.3 is 0 Å². The summed E-state index contributed by atoms with van der Waals surface area (Å²) >= 11 is 0. The summed E-state index contributed by atoms with van der Waals surface area (Å²) in [5, 5.41) is 0. The molecular weight excluding hydrogens is 303 g/mol. The van der Waals surface area contributed by atoms with Gasteiger partial charge in [-0.1, -0.05) is 18.2 Å². The molecule has 0 atom stereocenters. The monoisotopic (exact) mass is 322 g/mol. The Morgan fingerprint density at radius 3 is 2.50 bits per heavy atom. The molecule has 2 aromatic carbocycles. The summed E-state index contributed by atoms with van der Waals surface area (Å²) in [4.78, 5) is 1.90. The fourth-order valence-corrected chi connectivity index (χ4v) is 3.23. The van der Waals surface area contributed by atoms with Gasteiger partial charge in [0, 0.05) is 6.54 Å². The maximum absolute atomic E-state index is 13.2. The van der Waals surface area contributed by atoms with Crippen molar-refractivity contribution in [3.8, 4) is 0 Å². The number of rotatable bonds is 5. The van der Waals surface area contributed by atoms with Crippen molar-refractivity contribution in [2.45, 2.75) is 18.4 Å². The molecule has 0 aliphatic carbocycles. The SMILES string of the molecule is Cc1ccc(CN(C)C)cc1NS(=O)(=O)c1cccc(F)c1. The van der Waals surface area contributed by atoms with Crippen molar-refractivity contribution in [2.75, 3.05) is 18.8 Å². The van der Waals surface area contributed by atoms with Crippen LogP contribution in [-0.4, -0.2) is 27.4 Å². The average Bonchev–Trinajstić information content (AvgIpc) is 2.42. The number of hydrogen-bond acceptors (Lipinski definition) is 3. The number of anilines is 1. The van der Waals surface area contributed by atoms with Gasteiger partial charge in [-0.25, -0.2) is 12.8 Å². The van der Waals surface area contributed by atoms with E-state index in [2.05, 4.69) is 4.72 Å². The lowest BCUT2D eigenvalue weighted by Gasteiger charge is -2.14. The first kappa shape index (κ1) is 16.5. The Hall–Kier alpha value is -1.92. The second kappa shape index (κ2) is 6.46. The third kappa shape index (κ3) is 4.05. The maximum atomic E-state index is 13.2. The van der Waals surface area contributed by atoms with E-state index in [1.54, 1.807) is 6.07 Å². The Balaban J connectivity index is 2.33. The van der Waals surface area contributed by atoms with Gasteiger partial charge in [0.05, 0.1) is 10.6 Å². The topological polar surface area (TPSA) is 49.4 Å². The summed E-state index contributed by atoms with van der Waals surface area (Å²) in [5.74, 6) is -0.582. The zero-order valence-corrected chi connectivity index (χ0v) is 13.6. The fraction of sp³-hybridized carbons (Fsp3) is 0.250. The Morgan fingerprint density at radius 1 is 1.14 bits per heavy atom. The van der Waals surface area contributed by atoms with Gasteiger partial charge in [-0.3, -0.25) is 4.72 Å². The number of benzene rings is 2. The lowest BCUT2D eigenvalue weighted by atomic mass is 10.1. The molecule has 1 N–H and O–H groups in total. The van der Waals surface area contributed by atoms with Gasteiger partial charge in [0.25, 0.3) is 10.0 Å². The van der Waals surface area contributed by atoms with E-state index in [0.29, 0.717) is 12.2 Å². The number of hydrogen-bond donors (Lipinski definition) is 1. The van der Waals surface area contributed by atoms with Crippen molar-refractivity contribution >= 4 is 15.7 Å². The molecule has 0 spiro atoms. The number of nitrogens with one attached hydrogen (secondary N) is 1. The van der Waals surface area contributed by atoms with E-state index >= 15 is 0 Å². The van der Waals surface area contributed by atoms with E-state index in [-0.39, 0.29) is 4.90 Å². The van der Waals surface area contributed by atoms with E-state index in [1.807, 2.05) is 38.1 Å². The fourth-order valence-electron chi connectivity index (χ4n) is 2.08. The highest BCUT2D eigenvalue weighted by Crippen LogP contribution is 2.22. The van der Waals surface area contributed by atoms with E-state index in [0.717, 1.165) is 17.2 Å². The minimum Gasteiger partial charge on any atom is -0.305 e. The first-order chi connectivity index (χ1) is 10.3. The molecule has 22 heavy (non-hydrogen) atoms. The van der Waals surface area contributed by atoms with Gasteiger partial charge in [0.1, 0.15) is 5.82 Å². The number of halogens is 1. The van der Waals surface area contributed by atoms with Crippen molar-refractivity contribution in [3.63, 3.8) is 0 Å². The van der Waals surface area contributed by atoms with Crippen molar-refractivity contribution in [2.24, 2.45) is 0 Å². The predicted octanol–water partition coefficient (Wildman–Crippen LogP) is 3.00. The van der Waals surface area contributed by atoms with Crippen LogP contribution in [0, 0.1) is 12.7 Å². The number of nitrogens with zero attached hydrogens (tertiary/aromatic N) is 1. The summed E-state index contributed by atoms with van der Waals surface area (Å²) in [6.45, 7) is 2.53. The Kier molecular flexibility index (Phi) is 4.83. The van der Waals surface area contributed by atoms with Crippen molar-refractivity contribution in [1.29, 1.82) is 0 Å². The zero-order valence-electron chi connectivity index (χ0n) is 12.8. The minimum absolute atomic E-state index is 0.0927. The smallest absolute Gasteiger partial charge is 0.262 e. The largest absolute Gasteiger partial charge is 0.305 e. The third-order valence-corrected chi connectivity index (χ3v) is 4.51. The highest BCUT2D eigenvalue weighted by Gasteiger charge is 2.16. The van der Waals surface area contributed by atoms with Crippen LogP contribution < -0.4 is 4.72 Å². The number of sulfonamides is 1. The zero-order chi connectivity index (χ0) is 16.3. The average molecular weight is 322 g/mol. The van der Waals surface area contributed by atoms with E-state index in [4.69, 9.17) is 0 Å². The summed E-state index contributed by atoms with van der Waals surface area (Å²) in [7, 11) is 0.0747. The molecule has 0 aromatic heterocycles. The van der Waals surface area contributed by atoms with Crippen LogP contribution in [0.25, 0.3) is 0 Å². The molecule has 0 radical (unpaired) electrons. The van der Waals surface area contributed by atoms with Crippen molar-refractivity contribution in [3.05, 3.63) is 59.4 Å². The van der Waals surface area contributed by atoms with Crippen LogP contribution in [0.15, 0.2) is 47.4 Å². The van der Waals surface area contributed by atoms with E-state index in [9.17, 15) is 12.8 Å². The van der Waals surface area contributed by atoms with Gasteiger partial charge in [-0.05, 0) is 56.4 Å². The Morgan fingerprint density at radius 2 is 1.86 bits per heavy atom. The van der Waals surface area contributed by atoms with Gasteiger partial charge in [0.15, 0.2) is 0 Å². The van der Waals surface area contributed by atoms with Crippen LogP contribution >= 0.6 is 0 Å². The molecule has 6 heteroatoms. The molecule has 0 aliphatic heterocycles. The maximum Gasteiger partial charge on any atom is 0.262 e. The molecule has 2 rings (SSSR count). The Labute approximate surface area is 130 Å². The van der Waals surface area contributed by atoms with Crippen LogP contribution in [0.3, 0.4) is 0 Å². The lowest BCUT2D eigenvalue weighted by molar-refractivity contribution is 0.402. The summed E-state index contributed by atoms with van der Waals surface area (Å²) in [6.07, 6.45) is 0. The Bertz CT molecular complexity index is 773. The normalized spacial score (nSPS) is 11.7. The quantitative estimate of drug-likeness (QED) is 0.920. The molecular formula is C16H19FN2O2S. The van der Waals surface area contributed by atoms with Gasteiger partial charge in [-0.15, -0.1) is 0 Å². The summed E-state index contributed by atoms with van der Waals surface area (Å²) in [5.41, 5.74) is 2.30. The molecule has 0 amide bonds. The van der Waals surface area contributed by atoms with Crippen LogP contribution in [0.1, 0.15) is 11.1 Å². The molecule has 0 bridgehead atoms. The van der Waals surface area contributed by atoms with Crippen LogP contribution in [0.5, 0.6) is 0 Å². The lowest BCUT2D eigenvalue weighted by Crippen LogP contribution is -2.15. The molecule has 0 unspecified atom stereocenters.